The van der Waals surface area contributed by atoms with Gasteiger partial charge in [0.25, 0.3) is 0 Å². The number of carbonyl (C=O) groups is 1. The fourth-order valence-corrected chi connectivity index (χ4v) is 1.51. The molecule has 0 heterocycles. The molecule has 3 heteroatoms. The van der Waals surface area contributed by atoms with Crippen molar-refractivity contribution in [2.75, 3.05) is 0 Å². The minimum Gasteiger partial charge on any atom is -0.481 e. The number of hydrogen-bond donors (Lipinski definition) is 1. The lowest BCUT2D eigenvalue weighted by atomic mass is 10.3. The number of rotatable bonds is 4. The lowest BCUT2D eigenvalue weighted by Crippen LogP contribution is -2.23. The maximum atomic E-state index is 10.2. The number of allylic oxidation sites excluding steroid dienone is 1. The van der Waals surface area contributed by atoms with Gasteiger partial charge in [0.05, 0.1) is 8.07 Å². The minimum atomic E-state index is -1.29. The molecule has 0 bridgehead atoms. The van der Waals surface area contributed by atoms with Crippen molar-refractivity contribution in [3.05, 3.63) is 11.8 Å². The van der Waals surface area contributed by atoms with Crippen LogP contribution in [0.15, 0.2) is 11.8 Å². The smallest absolute Gasteiger partial charge is 0.303 e. The molecule has 0 fully saturated rings. The van der Waals surface area contributed by atoms with Crippen molar-refractivity contribution in [2.45, 2.75) is 32.5 Å². The Bertz CT molecular complexity index is 167. The summed E-state index contributed by atoms with van der Waals surface area (Å²) in [5, 5.41) is 9.54. The highest BCUT2D eigenvalue weighted by Gasteiger charge is 2.17. The molecule has 0 aromatic rings. The van der Waals surface area contributed by atoms with Crippen LogP contribution in [0.2, 0.25) is 19.6 Å². The molecule has 0 aromatic carbocycles. The predicted molar refractivity (Wildman–Crippen MR) is 49.4 cm³/mol. The van der Waals surface area contributed by atoms with Crippen molar-refractivity contribution in [3.8, 4) is 0 Å². The predicted octanol–water partition coefficient (Wildman–Crippen LogP) is 2.28. The molecular formula is C8H16O2Si. The largest absolute Gasteiger partial charge is 0.481 e. The molecule has 0 amide bonds. The molecule has 0 atom stereocenters. The third kappa shape index (κ3) is 4.78. The summed E-state index contributed by atoms with van der Waals surface area (Å²) in [4.78, 5) is 10.2. The van der Waals surface area contributed by atoms with E-state index in [2.05, 4.69) is 26.2 Å². The Labute approximate surface area is 68.9 Å². The summed E-state index contributed by atoms with van der Waals surface area (Å²) in [6.45, 7) is 10.4. The van der Waals surface area contributed by atoms with Gasteiger partial charge in [0.15, 0.2) is 0 Å². The van der Waals surface area contributed by atoms with Crippen LogP contribution >= 0.6 is 0 Å². The van der Waals surface area contributed by atoms with Crippen molar-refractivity contribution in [1.29, 1.82) is 0 Å². The van der Waals surface area contributed by atoms with Crippen molar-refractivity contribution >= 4 is 14.0 Å². The first kappa shape index (κ1) is 10.4. The van der Waals surface area contributed by atoms with Gasteiger partial charge in [-0.1, -0.05) is 24.8 Å². The number of aliphatic carboxylic acids is 1. The Kier molecular flexibility index (Phi) is 3.52. The average Bonchev–Trinajstić information content (AvgIpc) is 1.80. The molecule has 0 radical (unpaired) electrons. The Morgan fingerprint density at radius 1 is 1.36 bits per heavy atom. The van der Waals surface area contributed by atoms with E-state index < -0.39 is 14.0 Å². The standard InChI is InChI=1S/C8H16O2Si/c1-7(11(2,3)4)5-6-8(9)10/h1,5-6H2,2-4H3,(H,9,10). The molecule has 0 saturated heterocycles. The van der Waals surface area contributed by atoms with Crippen molar-refractivity contribution in [2.24, 2.45) is 0 Å². The second-order valence-electron chi connectivity index (χ2n) is 3.75. The van der Waals surface area contributed by atoms with E-state index in [1.54, 1.807) is 0 Å². The second-order valence-corrected chi connectivity index (χ2v) is 8.95. The van der Waals surface area contributed by atoms with Crippen LogP contribution in [0, 0.1) is 0 Å². The van der Waals surface area contributed by atoms with Gasteiger partial charge < -0.3 is 5.11 Å². The highest BCUT2D eigenvalue weighted by Crippen LogP contribution is 2.16. The number of carboxylic acid groups (broad SMARTS) is 1. The van der Waals surface area contributed by atoms with Crippen LogP contribution in [0.5, 0.6) is 0 Å². The number of carboxylic acids is 1. The zero-order valence-corrected chi connectivity index (χ0v) is 8.48. The number of hydrogen-bond acceptors (Lipinski definition) is 1. The van der Waals surface area contributed by atoms with Crippen LogP contribution in [0.25, 0.3) is 0 Å². The maximum absolute atomic E-state index is 10.2. The van der Waals surface area contributed by atoms with Gasteiger partial charge in [-0.25, -0.2) is 0 Å². The monoisotopic (exact) mass is 172 g/mol. The van der Waals surface area contributed by atoms with E-state index >= 15 is 0 Å². The highest BCUT2D eigenvalue weighted by molar-refractivity contribution is 6.82. The van der Waals surface area contributed by atoms with Crippen LogP contribution < -0.4 is 0 Å². The maximum Gasteiger partial charge on any atom is 0.303 e. The molecular weight excluding hydrogens is 156 g/mol. The molecule has 0 aliphatic carbocycles. The molecule has 0 spiro atoms. The quantitative estimate of drug-likeness (QED) is 0.661. The average molecular weight is 172 g/mol. The van der Waals surface area contributed by atoms with Gasteiger partial charge in [0.1, 0.15) is 0 Å². The summed E-state index contributed by atoms with van der Waals surface area (Å²) in [6, 6.07) is 0. The zero-order chi connectivity index (χ0) is 9.07. The Hall–Kier alpha value is -0.573. The van der Waals surface area contributed by atoms with E-state index in [9.17, 15) is 4.79 Å². The Morgan fingerprint density at radius 3 is 2.09 bits per heavy atom. The molecule has 0 aliphatic heterocycles. The Morgan fingerprint density at radius 2 is 1.82 bits per heavy atom. The van der Waals surface area contributed by atoms with Crippen LogP contribution in [-0.2, 0) is 4.79 Å². The van der Waals surface area contributed by atoms with E-state index in [1.165, 1.54) is 0 Å². The summed E-state index contributed by atoms with van der Waals surface area (Å²) in [5.41, 5.74) is 0. The fraction of sp³-hybridized carbons (Fsp3) is 0.625. The van der Waals surface area contributed by atoms with E-state index in [4.69, 9.17) is 5.11 Å². The molecule has 64 valence electrons. The summed E-state index contributed by atoms with van der Waals surface area (Å²) < 4.78 is 0. The van der Waals surface area contributed by atoms with Gasteiger partial charge >= 0.3 is 5.97 Å². The third-order valence-corrected chi connectivity index (χ3v) is 4.07. The summed E-state index contributed by atoms with van der Waals surface area (Å²) in [5.74, 6) is -0.732. The van der Waals surface area contributed by atoms with Crippen LogP contribution in [0.1, 0.15) is 12.8 Å². The lowest BCUT2D eigenvalue weighted by molar-refractivity contribution is -0.136. The molecule has 11 heavy (non-hydrogen) atoms. The van der Waals surface area contributed by atoms with Gasteiger partial charge in [-0.05, 0) is 6.42 Å². The van der Waals surface area contributed by atoms with Crippen LogP contribution in [0.4, 0.5) is 0 Å². The molecule has 1 N–H and O–H groups in total. The van der Waals surface area contributed by atoms with Gasteiger partial charge in [-0.3, -0.25) is 4.79 Å². The van der Waals surface area contributed by atoms with E-state index in [-0.39, 0.29) is 6.42 Å². The third-order valence-electron chi connectivity index (χ3n) is 1.70. The van der Waals surface area contributed by atoms with E-state index in [1.807, 2.05) is 0 Å². The van der Waals surface area contributed by atoms with Gasteiger partial charge in [0.2, 0.25) is 0 Å². The molecule has 0 saturated carbocycles. The van der Waals surface area contributed by atoms with Gasteiger partial charge in [-0.15, -0.1) is 6.58 Å². The van der Waals surface area contributed by atoms with Gasteiger partial charge in [-0.2, -0.15) is 0 Å². The van der Waals surface area contributed by atoms with E-state index in [0.29, 0.717) is 6.42 Å². The first-order valence-electron chi connectivity index (χ1n) is 3.74. The normalized spacial score (nSPS) is 11.2. The summed E-state index contributed by atoms with van der Waals surface area (Å²) in [6.07, 6.45) is 0.869. The minimum absolute atomic E-state index is 0.225. The molecule has 0 aromatic heterocycles. The van der Waals surface area contributed by atoms with Crippen molar-refractivity contribution < 1.29 is 9.90 Å². The SMILES string of the molecule is C=C(CCC(=O)O)[Si](C)(C)C. The molecule has 2 nitrogen and oxygen atoms in total. The zero-order valence-electron chi connectivity index (χ0n) is 7.48. The molecule has 0 unspecified atom stereocenters. The first-order valence-corrected chi connectivity index (χ1v) is 7.24. The molecule has 0 aliphatic rings. The van der Waals surface area contributed by atoms with E-state index in [0.717, 1.165) is 5.20 Å². The van der Waals surface area contributed by atoms with Crippen LogP contribution in [0.3, 0.4) is 0 Å². The van der Waals surface area contributed by atoms with Crippen molar-refractivity contribution in [1.82, 2.24) is 0 Å². The lowest BCUT2D eigenvalue weighted by Gasteiger charge is -2.18. The fourth-order valence-electron chi connectivity index (χ4n) is 0.633. The summed E-state index contributed by atoms with van der Waals surface area (Å²) >= 11 is 0. The highest BCUT2D eigenvalue weighted by atomic mass is 28.3. The topological polar surface area (TPSA) is 37.3 Å². The first-order chi connectivity index (χ1) is 4.84. The van der Waals surface area contributed by atoms with Crippen LogP contribution in [-0.4, -0.2) is 19.1 Å². The second kappa shape index (κ2) is 3.71. The van der Waals surface area contributed by atoms with Gasteiger partial charge in [0, 0.05) is 6.42 Å². The van der Waals surface area contributed by atoms with Crippen molar-refractivity contribution in [3.63, 3.8) is 0 Å². The molecule has 0 rings (SSSR count). The summed E-state index contributed by atoms with van der Waals surface area (Å²) in [7, 11) is -1.29. The Balaban J connectivity index is 3.80.